The first-order valence-electron chi connectivity index (χ1n) is 2.42. The van der Waals surface area contributed by atoms with Crippen LogP contribution >= 0.6 is 36.2 Å². The number of hydrogen-bond acceptors (Lipinski definition) is 3. The molecule has 0 bridgehead atoms. The van der Waals surface area contributed by atoms with Crippen LogP contribution in [-0.2, 0) is 0 Å². The molecule has 0 saturated carbocycles. The highest BCUT2D eigenvalue weighted by atomic mass is 35.5. The van der Waals surface area contributed by atoms with E-state index in [1.165, 1.54) is 0 Å². The molecule has 0 fully saturated rings. The van der Waals surface area contributed by atoms with Gasteiger partial charge in [-0.3, -0.25) is 0 Å². The molecule has 0 atom stereocenters. The van der Waals surface area contributed by atoms with E-state index in [4.69, 9.17) is 0 Å². The van der Waals surface area contributed by atoms with Crippen LogP contribution in [0.3, 0.4) is 0 Å². The minimum atomic E-state index is 0. The molecule has 1 N–H and O–H groups in total. The average molecular weight is 201 g/mol. The summed E-state index contributed by atoms with van der Waals surface area (Å²) in [5.74, 6) is 0. The van der Waals surface area contributed by atoms with Crippen LogP contribution in [-0.4, -0.2) is 12.0 Å². The topological polar surface area (TPSA) is 24.9 Å². The fourth-order valence-electron chi connectivity index (χ4n) is 0.542. The SMILES string of the molecule is CNc1scnc1C.Cl.Cl. The minimum absolute atomic E-state index is 0. The Morgan fingerprint density at radius 3 is 2.30 bits per heavy atom. The fourth-order valence-corrected chi connectivity index (χ4v) is 1.20. The maximum Gasteiger partial charge on any atom is 0.111 e. The van der Waals surface area contributed by atoms with Crippen LogP contribution in [0.25, 0.3) is 0 Å². The van der Waals surface area contributed by atoms with Crippen molar-refractivity contribution < 1.29 is 0 Å². The maximum atomic E-state index is 4.04. The molecule has 0 aromatic carbocycles. The van der Waals surface area contributed by atoms with Gasteiger partial charge in [-0.2, -0.15) is 0 Å². The average Bonchev–Trinajstić information content (AvgIpc) is 2.14. The maximum absolute atomic E-state index is 4.04. The van der Waals surface area contributed by atoms with Crippen LogP contribution in [0.4, 0.5) is 5.00 Å². The molecule has 1 aromatic rings. The summed E-state index contributed by atoms with van der Waals surface area (Å²) in [6.07, 6.45) is 0. The lowest BCUT2D eigenvalue weighted by Crippen LogP contribution is -1.85. The van der Waals surface area contributed by atoms with Crippen LogP contribution in [0.5, 0.6) is 0 Å². The van der Waals surface area contributed by atoms with Crippen molar-refractivity contribution in [2.24, 2.45) is 0 Å². The second-order valence-corrected chi connectivity index (χ2v) is 2.37. The first-order valence-corrected chi connectivity index (χ1v) is 3.30. The summed E-state index contributed by atoms with van der Waals surface area (Å²) in [4.78, 5) is 4.04. The van der Waals surface area contributed by atoms with Crippen LogP contribution in [0.2, 0.25) is 0 Å². The predicted molar refractivity (Wildman–Crippen MR) is 50.9 cm³/mol. The van der Waals surface area contributed by atoms with E-state index < -0.39 is 0 Å². The van der Waals surface area contributed by atoms with Crippen LogP contribution in [0.15, 0.2) is 5.51 Å². The third-order valence-electron chi connectivity index (χ3n) is 0.973. The summed E-state index contributed by atoms with van der Waals surface area (Å²) in [6, 6.07) is 0. The van der Waals surface area contributed by atoms with E-state index in [2.05, 4.69) is 10.3 Å². The predicted octanol–water partition coefficient (Wildman–Crippen LogP) is 2.34. The molecule has 2 nitrogen and oxygen atoms in total. The van der Waals surface area contributed by atoms with Crippen molar-refractivity contribution in [1.29, 1.82) is 0 Å². The van der Waals surface area contributed by atoms with Gasteiger partial charge in [-0.05, 0) is 6.92 Å². The zero-order valence-electron chi connectivity index (χ0n) is 5.75. The van der Waals surface area contributed by atoms with Crippen molar-refractivity contribution in [3.8, 4) is 0 Å². The summed E-state index contributed by atoms with van der Waals surface area (Å²) in [5.41, 5.74) is 2.92. The van der Waals surface area contributed by atoms with E-state index in [1.54, 1.807) is 11.3 Å². The quantitative estimate of drug-likeness (QED) is 0.754. The van der Waals surface area contributed by atoms with Gasteiger partial charge in [-0.1, -0.05) is 0 Å². The number of nitrogens with zero attached hydrogens (tertiary/aromatic N) is 1. The largest absolute Gasteiger partial charge is 0.378 e. The number of hydrogen-bond donors (Lipinski definition) is 1. The Morgan fingerprint density at radius 2 is 2.10 bits per heavy atom. The number of anilines is 1. The summed E-state index contributed by atoms with van der Waals surface area (Å²) in [6.45, 7) is 1.99. The number of thiazole rings is 1. The van der Waals surface area contributed by atoms with E-state index in [0.717, 1.165) is 10.7 Å². The van der Waals surface area contributed by atoms with Crippen molar-refractivity contribution in [1.82, 2.24) is 4.98 Å². The van der Waals surface area contributed by atoms with Crippen LogP contribution in [0.1, 0.15) is 5.69 Å². The Morgan fingerprint density at radius 1 is 1.50 bits per heavy atom. The molecular formula is C5H10Cl2N2S. The van der Waals surface area contributed by atoms with Crippen LogP contribution < -0.4 is 5.32 Å². The number of halogens is 2. The molecule has 0 aliphatic heterocycles. The minimum Gasteiger partial charge on any atom is -0.378 e. The van der Waals surface area contributed by atoms with E-state index in [0.29, 0.717) is 0 Å². The summed E-state index contributed by atoms with van der Waals surface area (Å²) < 4.78 is 0. The molecule has 1 rings (SSSR count). The van der Waals surface area contributed by atoms with Gasteiger partial charge in [0.05, 0.1) is 11.2 Å². The lowest BCUT2D eigenvalue weighted by molar-refractivity contribution is 1.26. The number of aromatic nitrogens is 1. The molecule has 10 heavy (non-hydrogen) atoms. The molecule has 5 heteroatoms. The van der Waals surface area contributed by atoms with E-state index >= 15 is 0 Å². The molecule has 0 saturated heterocycles. The molecule has 0 aliphatic rings. The zero-order valence-corrected chi connectivity index (χ0v) is 8.20. The number of nitrogens with one attached hydrogen (secondary N) is 1. The lowest BCUT2D eigenvalue weighted by Gasteiger charge is -1.90. The Kier molecular flexibility index (Phi) is 7.31. The molecule has 0 radical (unpaired) electrons. The summed E-state index contributed by atoms with van der Waals surface area (Å²) in [5, 5.41) is 4.19. The second-order valence-electron chi connectivity index (χ2n) is 1.52. The molecular weight excluding hydrogens is 191 g/mol. The van der Waals surface area contributed by atoms with Crippen LogP contribution in [0, 0.1) is 6.92 Å². The van der Waals surface area contributed by atoms with Gasteiger partial charge in [0.2, 0.25) is 0 Å². The third-order valence-corrected chi connectivity index (χ3v) is 1.92. The Labute approximate surface area is 76.9 Å². The highest BCUT2D eigenvalue weighted by Crippen LogP contribution is 2.16. The number of aryl methyl sites for hydroxylation is 1. The van der Waals surface area contributed by atoms with E-state index in [9.17, 15) is 0 Å². The Balaban J connectivity index is 0. The first-order chi connectivity index (χ1) is 3.84. The van der Waals surface area contributed by atoms with Gasteiger partial charge in [-0.15, -0.1) is 36.2 Å². The molecule has 0 spiro atoms. The first kappa shape index (κ1) is 12.7. The van der Waals surface area contributed by atoms with Gasteiger partial charge in [0.1, 0.15) is 5.00 Å². The van der Waals surface area contributed by atoms with Gasteiger partial charge in [-0.25, -0.2) is 4.98 Å². The molecule has 1 aromatic heterocycles. The Hall–Kier alpha value is 0.01000. The molecule has 1 heterocycles. The summed E-state index contributed by atoms with van der Waals surface area (Å²) >= 11 is 1.63. The standard InChI is InChI=1S/C5H8N2S.2ClH/c1-4-5(6-2)8-3-7-4;;/h3,6H,1-2H3;2*1H. The smallest absolute Gasteiger partial charge is 0.111 e. The van der Waals surface area contributed by atoms with Gasteiger partial charge in [0.15, 0.2) is 0 Å². The van der Waals surface area contributed by atoms with Crippen molar-refractivity contribution in [3.05, 3.63) is 11.2 Å². The monoisotopic (exact) mass is 200 g/mol. The van der Waals surface area contributed by atoms with Crippen molar-refractivity contribution in [2.75, 3.05) is 12.4 Å². The molecule has 0 unspecified atom stereocenters. The second kappa shape index (κ2) is 5.77. The lowest BCUT2D eigenvalue weighted by atomic mass is 10.5. The van der Waals surface area contributed by atoms with Gasteiger partial charge >= 0.3 is 0 Å². The Bertz CT molecular complexity index is 178. The highest BCUT2D eigenvalue weighted by molar-refractivity contribution is 7.14. The molecule has 60 valence electrons. The summed E-state index contributed by atoms with van der Waals surface area (Å²) in [7, 11) is 1.90. The van der Waals surface area contributed by atoms with Crippen molar-refractivity contribution >= 4 is 41.2 Å². The molecule has 0 aliphatic carbocycles. The zero-order chi connectivity index (χ0) is 5.98. The van der Waals surface area contributed by atoms with E-state index in [-0.39, 0.29) is 24.8 Å². The fraction of sp³-hybridized carbons (Fsp3) is 0.400. The normalized spacial score (nSPS) is 7.40. The molecule has 0 amide bonds. The van der Waals surface area contributed by atoms with E-state index in [1.807, 2.05) is 19.5 Å². The van der Waals surface area contributed by atoms with Crippen molar-refractivity contribution in [3.63, 3.8) is 0 Å². The van der Waals surface area contributed by atoms with Gasteiger partial charge < -0.3 is 5.32 Å². The number of rotatable bonds is 1. The van der Waals surface area contributed by atoms with Crippen molar-refractivity contribution in [2.45, 2.75) is 6.92 Å². The van der Waals surface area contributed by atoms with Gasteiger partial charge in [0, 0.05) is 7.05 Å². The third kappa shape index (κ3) is 2.73. The van der Waals surface area contributed by atoms with Gasteiger partial charge in [0.25, 0.3) is 0 Å². The highest BCUT2D eigenvalue weighted by Gasteiger charge is 1.93.